The molecule has 1 aliphatic heterocycles. The van der Waals surface area contributed by atoms with Crippen molar-refractivity contribution >= 4 is 12.0 Å². The first-order chi connectivity index (χ1) is 14.2. The minimum absolute atomic E-state index is 0.163. The van der Waals surface area contributed by atoms with E-state index in [1.165, 1.54) is 17.0 Å². The highest BCUT2D eigenvalue weighted by atomic mass is 19.1. The molecule has 0 saturated carbocycles. The van der Waals surface area contributed by atoms with Gasteiger partial charge in [-0.05, 0) is 51.8 Å². The summed E-state index contributed by atoms with van der Waals surface area (Å²) in [5.74, 6) is -0.0901. The Morgan fingerprint density at radius 2 is 2.07 bits per heavy atom. The fourth-order valence-electron chi connectivity index (χ4n) is 3.17. The van der Waals surface area contributed by atoms with Crippen LogP contribution in [0.5, 0.6) is 11.6 Å². The topological polar surface area (TPSA) is 80.8 Å². The van der Waals surface area contributed by atoms with Crippen molar-refractivity contribution in [2.24, 2.45) is 0 Å². The van der Waals surface area contributed by atoms with Crippen molar-refractivity contribution in [3.8, 4) is 11.6 Å². The Balaban J connectivity index is 1.64. The van der Waals surface area contributed by atoms with Crippen molar-refractivity contribution in [3.05, 3.63) is 54.0 Å². The second kappa shape index (κ2) is 9.11. The number of halogens is 1. The summed E-state index contributed by atoms with van der Waals surface area (Å²) in [6.45, 7) is 6.01. The maximum atomic E-state index is 13.4. The lowest BCUT2D eigenvalue weighted by molar-refractivity contribution is -0.125. The third-order valence-electron chi connectivity index (χ3n) is 4.50. The van der Waals surface area contributed by atoms with Gasteiger partial charge in [0, 0.05) is 30.9 Å². The molecule has 0 aliphatic carbocycles. The van der Waals surface area contributed by atoms with Crippen LogP contribution in [0.2, 0.25) is 0 Å². The fraction of sp³-hybridized carbons (Fsp3) is 0.409. The molecule has 0 spiro atoms. The number of amides is 2. The molecule has 1 aliphatic rings. The first-order valence-electron chi connectivity index (χ1n) is 9.87. The molecule has 1 atom stereocenters. The summed E-state index contributed by atoms with van der Waals surface area (Å²) in [5.41, 5.74) is 0.0106. The molecule has 30 heavy (non-hydrogen) atoms. The van der Waals surface area contributed by atoms with E-state index in [-0.39, 0.29) is 18.3 Å². The monoisotopic (exact) mass is 415 g/mol. The van der Waals surface area contributed by atoms with Crippen LogP contribution in [0.1, 0.15) is 39.2 Å². The van der Waals surface area contributed by atoms with Crippen LogP contribution in [0.25, 0.3) is 0 Å². The van der Waals surface area contributed by atoms with Gasteiger partial charge in [0.15, 0.2) is 0 Å². The number of nitrogens with one attached hydrogen (secondary N) is 1. The largest absolute Gasteiger partial charge is 0.444 e. The Kier molecular flexibility index (Phi) is 6.54. The predicted octanol–water partition coefficient (Wildman–Crippen LogP) is 4.03. The molecule has 160 valence electrons. The lowest BCUT2D eigenvalue weighted by Gasteiger charge is -2.28. The van der Waals surface area contributed by atoms with Crippen LogP contribution in [0.4, 0.5) is 9.18 Å². The highest BCUT2D eigenvalue weighted by Gasteiger charge is 2.36. The van der Waals surface area contributed by atoms with Crippen molar-refractivity contribution in [2.75, 3.05) is 6.54 Å². The first kappa shape index (κ1) is 21.5. The molecule has 1 aromatic carbocycles. The number of likely N-dealkylation sites (tertiary alicyclic amines) is 1. The zero-order valence-corrected chi connectivity index (χ0v) is 17.4. The summed E-state index contributed by atoms with van der Waals surface area (Å²) in [5, 5.41) is 2.84. The van der Waals surface area contributed by atoms with Crippen LogP contribution in [-0.2, 0) is 16.1 Å². The number of carbonyl (C=O) groups is 2. The molecule has 1 fully saturated rings. The van der Waals surface area contributed by atoms with E-state index in [0.29, 0.717) is 24.3 Å². The third kappa shape index (κ3) is 5.68. The van der Waals surface area contributed by atoms with Crippen molar-refractivity contribution in [2.45, 2.75) is 51.8 Å². The third-order valence-corrected chi connectivity index (χ3v) is 4.50. The molecule has 0 radical (unpaired) electrons. The maximum absolute atomic E-state index is 13.4. The van der Waals surface area contributed by atoms with E-state index in [1.807, 2.05) is 0 Å². The normalized spacial score (nSPS) is 16.3. The molecule has 2 aromatic rings. The average Bonchev–Trinajstić information content (AvgIpc) is 3.16. The van der Waals surface area contributed by atoms with Gasteiger partial charge in [-0.15, -0.1) is 0 Å². The van der Waals surface area contributed by atoms with E-state index in [9.17, 15) is 14.0 Å². The van der Waals surface area contributed by atoms with Gasteiger partial charge in [0.05, 0.1) is 0 Å². The van der Waals surface area contributed by atoms with E-state index in [1.54, 1.807) is 51.2 Å². The van der Waals surface area contributed by atoms with Crippen molar-refractivity contribution in [1.29, 1.82) is 0 Å². The minimum Gasteiger partial charge on any atom is -0.444 e. The van der Waals surface area contributed by atoms with E-state index in [0.717, 1.165) is 6.42 Å². The number of ether oxygens (including phenoxy) is 2. The number of hydrogen-bond acceptors (Lipinski definition) is 5. The number of pyridine rings is 1. The summed E-state index contributed by atoms with van der Waals surface area (Å²) in [6, 6.07) is 8.66. The summed E-state index contributed by atoms with van der Waals surface area (Å²) in [6.07, 6.45) is 2.38. The molecule has 1 aromatic heterocycles. The lowest BCUT2D eigenvalue weighted by Crippen LogP contribution is -2.47. The minimum atomic E-state index is -0.625. The lowest BCUT2D eigenvalue weighted by atomic mass is 10.2. The number of aromatic nitrogens is 1. The summed E-state index contributed by atoms with van der Waals surface area (Å²) in [7, 11) is 0. The Bertz CT molecular complexity index is 913. The molecular weight excluding hydrogens is 389 g/mol. The Morgan fingerprint density at radius 1 is 1.27 bits per heavy atom. The van der Waals surface area contributed by atoms with Gasteiger partial charge < -0.3 is 14.8 Å². The molecule has 1 N–H and O–H groups in total. The van der Waals surface area contributed by atoms with Crippen molar-refractivity contribution in [1.82, 2.24) is 15.2 Å². The molecule has 1 saturated heterocycles. The van der Waals surface area contributed by atoms with Crippen LogP contribution in [0.3, 0.4) is 0 Å². The van der Waals surface area contributed by atoms with Gasteiger partial charge in [0.25, 0.3) is 0 Å². The van der Waals surface area contributed by atoms with E-state index >= 15 is 0 Å². The molecular formula is C22H26FN3O4. The zero-order chi connectivity index (χ0) is 21.7. The van der Waals surface area contributed by atoms with Gasteiger partial charge in [0.1, 0.15) is 23.2 Å². The number of hydrogen-bond donors (Lipinski definition) is 1. The standard InChI is InChI=1S/C22H26FN3O4/c1-22(2,3)30-21(28)26-12-6-10-18(26)19(27)25-14-15-7-5-11-24-20(15)29-17-9-4-8-16(23)13-17/h4-5,7-9,11,13,18H,6,10,12,14H2,1-3H3,(H,25,27)/t18-/m0/s1. The quantitative estimate of drug-likeness (QED) is 0.798. The number of nitrogens with zero attached hydrogens (tertiary/aromatic N) is 2. The highest BCUT2D eigenvalue weighted by molar-refractivity contribution is 5.86. The zero-order valence-electron chi connectivity index (χ0n) is 17.4. The SMILES string of the molecule is CC(C)(C)OC(=O)N1CCC[C@H]1C(=O)NCc1cccnc1Oc1cccc(F)c1. The van der Waals surface area contributed by atoms with Crippen LogP contribution in [0, 0.1) is 5.82 Å². The Hall–Kier alpha value is -3.16. The van der Waals surface area contributed by atoms with Crippen molar-refractivity contribution in [3.63, 3.8) is 0 Å². The van der Waals surface area contributed by atoms with Crippen molar-refractivity contribution < 1.29 is 23.5 Å². The van der Waals surface area contributed by atoms with Crippen LogP contribution in [-0.4, -0.2) is 40.1 Å². The maximum Gasteiger partial charge on any atom is 0.410 e. The number of rotatable bonds is 5. The van der Waals surface area contributed by atoms with Crippen LogP contribution >= 0.6 is 0 Å². The number of benzene rings is 1. The molecule has 0 unspecified atom stereocenters. The van der Waals surface area contributed by atoms with Gasteiger partial charge in [-0.3, -0.25) is 9.69 Å². The van der Waals surface area contributed by atoms with Gasteiger partial charge in [-0.25, -0.2) is 14.2 Å². The second-order valence-electron chi connectivity index (χ2n) is 8.08. The van der Waals surface area contributed by atoms with Gasteiger partial charge >= 0.3 is 6.09 Å². The van der Waals surface area contributed by atoms with E-state index in [2.05, 4.69) is 10.3 Å². The smallest absolute Gasteiger partial charge is 0.410 e. The molecule has 0 bridgehead atoms. The number of carbonyl (C=O) groups excluding carboxylic acids is 2. The molecule has 2 heterocycles. The summed E-state index contributed by atoms with van der Waals surface area (Å²) < 4.78 is 24.5. The molecule has 2 amide bonds. The van der Waals surface area contributed by atoms with Gasteiger partial charge in [-0.2, -0.15) is 0 Å². The van der Waals surface area contributed by atoms with E-state index in [4.69, 9.17) is 9.47 Å². The Labute approximate surface area is 175 Å². The average molecular weight is 415 g/mol. The predicted molar refractivity (Wildman–Crippen MR) is 109 cm³/mol. The molecule has 8 heteroatoms. The van der Waals surface area contributed by atoms with Gasteiger partial charge in [0.2, 0.25) is 11.8 Å². The van der Waals surface area contributed by atoms with Crippen LogP contribution in [0.15, 0.2) is 42.6 Å². The fourth-order valence-corrected chi connectivity index (χ4v) is 3.17. The summed E-state index contributed by atoms with van der Waals surface area (Å²) >= 11 is 0. The highest BCUT2D eigenvalue weighted by Crippen LogP contribution is 2.24. The molecule has 3 rings (SSSR count). The first-order valence-corrected chi connectivity index (χ1v) is 9.87. The van der Waals surface area contributed by atoms with Crippen LogP contribution < -0.4 is 10.1 Å². The molecule has 7 nitrogen and oxygen atoms in total. The summed E-state index contributed by atoms with van der Waals surface area (Å²) in [4.78, 5) is 30.8. The van der Waals surface area contributed by atoms with Gasteiger partial charge in [-0.1, -0.05) is 12.1 Å². The Morgan fingerprint density at radius 3 is 2.80 bits per heavy atom. The second-order valence-corrected chi connectivity index (χ2v) is 8.08. The van der Waals surface area contributed by atoms with E-state index < -0.39 is 23.6 Å².